The predicted molar refractivity (Wildman–Crippen MR) is 68.2 cm³/mol. The van der Waals surface area contributed by atoms with E-state index in [1.807, 2.05) is 0 Å². The lowest BCUT2D eigenvalue weighted by molar-refractivity contribution is 0.629. The molecule has 0 aromatic heterocycles. The first kappa shape index (κ1) is 11.9. The number of nitrogens with one attached hydrogen (secondary N) is 1. The van der Waals surface area contributed by atoms with Crippen LogP contribution in [0.15, 0.2) is 40.9 Å². The molecule has 0 spiro atoms. The predicted octanol–water partition coefficient (Wildman–Crippen LogP) is 4.05. The Balaban J connectivity index is 2.38. The minimum Gasteiger partial charge on any atom is -0.395 e. The molecule has 0 bridgehead atoms. The highest BCUT2D eigenvalue weighted by Crippen LogP contribution is 2.28. The zero-order valence-corrected chi connectivity index (χ0v) is 10.3. The van der Waals surface area contributed by atoms with Crippen LogP contribution in [0.5, 0.6) is 0 Å². The van der Waals surface area contributed by atoms with E-state index in [1.165, 1.54) is 18.2 Å². The maximum Gasteiger partial charge on any atom is 0.148 e. The summed E-state index contributed by atoms with van der Waals surface area (Å²) >= 11 is 3.23. The summed E-state index contributed by atoms with van der Waals surface area (Å²) in [6.45, 7) is 0. The Morgan fingerprint density at radius 3 is 2.53 bits per heavy atom. The van der Waals surface area contributed by atoms with Crippen LogP contribution in [-0.4, -0.2) is 0 Å². The molecule has 0 unspecified atom stereocenters. The van der Waals surface area contributed by atoms with Crippen LogP contribution in [0.3, 0.4) is 0 Å². The molecule has 2 rings (SSSR count). The lowest BCUT2D eigenvalue weighted by Crippen LogP contribution is -2.00. The molecule has 5 heteroatoms. The van der Waals surface area contributed by atoms with Crippen LogP contribution in [0.2, 0.25) is 0 Å². The van der Waals surface area contributed by atoms with E-state index in [0.717, 1.165) is 4.47 Å². The van der Waals surface area contributed by atoms with E-state index in [1.54, 1.807) is 18.2 Å². The number of nitrogen functional groups attached to an aromatic ring is 1. The molecule has 2 nitrogen and oxygen atoms in total. The van der Waals surface area contributed by atoms with E-state index in [0.29, 0.717) is 5.69 Å². The van der Waals surface area contributed by atoms with Crippen LogP contribution in [0.1, 0.15) is 0 Å². The van der Waals surface area contributed by atoms with Gasteiger partial charge in [-0.25, -0.2) is 8.78 Å². The molecule has 0 heterocycles. The highest BCUT2D eigenvalue weighted by molar-refractivity contribution is 9.10. The Morgan fingerprint density at radius 1 is 1.00 bits per heavy atom. The van der Waals surface area contributed by atoms with E-state index in [-0.39, 0.29) is 11.4 Å². The van der Waals surface area contributed by atoms with Gasteiger partial charge in [0.1, 0.15) is 11.6 Å². The van der Waals surface area contributed by atoms with Gasteiger partial charge in [-0.2, -0.15) is 0 Å². The van der Waals surface area contributed by atoms with Crippen molar-refractivity contribution in [3.05, 3.63) is 52.5 Å². The number of hydrogen-bond acceptors (Lipinski definition) is 2. The molecule has 0 aliphatic rings. The first-order valence-electron chi connectivity index (χ1n) is 4.84. The van der Waals surface area contributed by atoms with Gasteiger partial charge in [0.25, 0.3) is 0 Å². The first-order chi connectivity index (χ1) is 8.08. The molecule has 0 radical (unpaired) electrons. The summed E-state index contributed by atoms with van der Waals surface area (Å²) in [6, 6.07) is 8.78. The number of benzene rings is 2. The first-order valence-corrected chi connectivity index (χ1v) is 5.63. The largest absolute Gasteiger partial charge is 0.395 e. The van der Waals surface area contributed by atoms with Crippen molar-refractivity contribution in [1.82, 2.24) is 0 Å². The van der Waals surface area contributed by atoms with Crippen molar-refractivity contribution in [2.24, 2.45) is 0 Å². The van der Waals surface area contributed by atoms with E-state index in [9.17, 15) is 8.78 Å². The van der Waals surface area contributed by atoms with Gasteiger partial charge in [0.2, 0.25) is 0 Å². The Hall–Kier alpha value is -1.62. The van der Waals surface area contributed by atoms with Crippen LogP contribution >= 0.6 is 15.9 Å². The third-order valence-electron chi connectivity index (χ3n) is 2.25. The molecule has 3 N–H and O–H groups in total. The molecular weight excluding hydrogens is 290 g/mol. The van der Waals surface area contributed by atoms with Crippen LogP contribution in [0.25, 0.3) is 0 Å². The number of para-hydroxylation sites is 1. The normalized spacial score (nSPS) is 10.3. The molecule has 2 aromatic carbocycles. The minimum atomic E-state index is -0.537. The van der Waals surface area contributed by atoms with Gasteiger partial charge < -0.3 is 11.1 Å². The Bertz CT molecular complexity index is 558. The molecule has 0 saturated heterocycles. The van der Waals surface area contributed by atoms with E-state index in [4.69, 9.17) is 5.73 Å². The number of hydrogen-bond donors (Lipinski definition) is 2. The molecule has 2 aromatic rings. The van der Waals surface area contributed by atoms with Crippen LogP contribution < -0.4 is 11.1 Å². The molecule has 0 atom stereocenters. The van der Waals surface area contributed by atoms with Gasteiger partial charge in [-0.1, -0.05) is 22.0 Å². The quantitative estimate of drug-likeness (QED) is 0.821. The molecular formula is C12H9BrF2N2. The minimum absolute atomic E-state index is 0.0353. The monoisotopic (exact) mass is 298 g/mol. The Kier molecular flexibility index (Phi) is 3.28. The summed E-state index contributed by atoms with van der Waals surface area (Å²) < 4.78 is 27.4. The average Bonchev–Trinajstić information content (AvgIpc) is 2.30. The fourth-order valence-electron chi connectivity index (χ4n) is 1.38. The van der Waals surface area contributed by atoms with Crippen LogP contribution in [0, 0.1) is 11.6 Å². The number of halogens is 3. The van der Waals surface area contributed by atoms with Crippen LogP contribution in [-0.2, 0) is 0 Å². The van der Waals surface area contributed by atoms with Crippen molar-refractivity contribution in [2.75, 3.05) is 11.1 Å². The summed E-state index contributed by atoms with van der Waals surface area (Å²) in [4.78, 5) is 0. The standard InChI is InChI=1S/C12H9BrF2N2/c13-7-4-5-8(14)11(6-7)17-10-3-1-2-9(15)12(10)16/h1-6,17H,16H2. The average molecular weight is 299 g/mol. The van der Waals surface area contributed by atoms with Gasteiger partial charge in [-0.05, 0) is 30.3 Å². The van der Waals surface area contributed by atoms with Crippen LogP contribution in [0.4, 0.5) is 25.8 Å². The number of rotatable bonds is 2. The second-order valence-corrected chi connectivity index (χ2v) is 4.37. The fraction of sp³-hybridized carbons (Fsp3) is 0. The van der Waals surface area contributed by atoms with Gasteiger partial charge >= 0.3 is 0 Å². The third-order valence-corrected chi connectivity index (χ3v) is 2.74. The Labute approximate surface area is 106 Å². The molecule has 0 fully saturated rings. The second-order valence-electron chi connectivity index (χ2n) is 3.45. The summed E-state index contributed by atoms with van der Waals surface area (Å²) in [5.41, 5.74) is 6.08. The zero-order chi connectivity index (χ0) is 12.4. The van der Waals surface area contributed by atoms with Gasteiger partial charge in [0.15, 0.2) is 0 Å². The molecule has 17 heavy (non-hydrogen) atoms. The second kappa shape index (κ2) is 4.71. The molecule has 0 aliphatic carbocycles. The highest BCUT2D eigenvalue weighted by atomic mass is 79.9. The SMILES string of the molecule is Nc1c(F)cccc1Nc1cc(Br)ccc1F. The topological polar surface area (TPSA) is 38.0 Å². The number of nitrogens with two attached hydrogens (primary N) is 1. The summed E-state index contributed by atoms with van der Waals surface area (Å²) in [7, 11) is 0. The van der Waals surface area contributed by atoms with Gasteiger partial charge in [0, 0.05) is 4.47 Å². The van der Waals surface area contributed by atoms with Crippen molar-refractivity contribution in [2.45, 2.75) is 0 Å². The Morgan fingerprint density at radius 2 is 1.76 bits per heavy atom. The zero-order valence-electron chi connectivity index (χ0n) is 8.68. The van der Waals surface area contributed by atoms with Crippen molar-refractivity contribution < 1.29 is 8.78 Å². The van der Waals surface area contributed by atoms with Gasteiger partial charge in [0.05, 0.1) is 17.1 Å². The van der Waals surface area contributed by atoms with Crippen molar-refractivity contribution in [3.63, 3.8) is 0 Å². The molecule has 0 saturated carbocycles. The highest BCUT2D eigenvalue weighted by Gasteiger charge is 2.07. The summed E-state index contributed by atoms with van der Waals surface area (Å²) in [5, 5.41) is 2.75. The van der Waals surface area contributed by atoms with E-state index < -0.39 is 11.6 Å². The maximum absolute atomic E-state index is 13.5. The summed E-state index contributed by atoms with van der Waals surface area (Å²) in [6.07, 6.45) is 0. The molecule has 88 valence electrons. The van der Waals surface area contributed by atoms with Gasteiger partial charge in [-0.15, -0.1) is 0 Å². The van der Waals surface area contributed by atoms with Crippen molar-refractivity contribution >= 4 is 33.0 Å². The van der Waals surface area contributed by atoms with Crippen molar-refractivity contribution in [3.8, 4) is 0 Å². The maximum atomic E-state index is 13.5. The summed E-state index contributed by atoms with van der Waals surface area (Å²) in [5.74, 6) is -0.970. The van der Waals surface area contributed by atoms with Crippen molar-refractivity contribution in [1.29, 1.82) is 0 Å². The lowest BCUT2D eigenvalue weighted by atomic mass is 10.2. The van der Waals surface area contributed by atoms with E-state index in [2.05, 4.69) is 21.2 Å². The molecule has 0 amide bonds. The lowest BCUT2D eigenvalue weighted by Gasteiger charge is -2.10. The molecule has 0 aliphatic heterocycles. The number of anilines is 3. The smallest absolute Gasteiger partial charge is 0.148 e. The fourth-order valence-corrected chi connectivity index (χ4v) is 1.75. The van der Waals surface area contributed by atoms with E-state index >= 15 is 0 Å². The van der Waals surface area contributed by atoms with Gasteiger partial charge in [-0.3, -0.25) is 0 Å². The third kappa shape index (κ3) is 2.55.